The summed E-state index contributed by atoms with van der Waals surface area (Å²) in [6.07, 6.45) is 7.98. The lowest BCUT2D eigenvalue weighted by molar-refractivity contribution is -0.143. The van der Waals surface area contributed by atoms with Crippen molar-refractivity contribution in [2.24, 2.45) is 23.0 Å². The minimum absolute atomic E-state index is 0.00241. The molecule has 0 heterocycles. The van der Waals surface area contributed by atoms with Gasteiger partial charge < -0.3 is 11.1 Å². The summed E-state index contributed by atoms with van der Waals surface area (Å²) in [7, 11) is 1.65. The zero-order valence-corrected chi connectivity index (χ0v) is 11.2. The molecule has 0 bridgehead atoms. The number of nitrogens with one attached hydrogen (secondary N) is 1. The SMILES string of the molecule is CNC(=O)C(CC1CC1)C1(C(N)=O)CCCCC1. The molecule has 18 heavy (non-hydrogen) atoms. The molecule has 4 heteroatoms. The van der Waals surface area contributed by atoms with Crippen molar-refractivity contribution in [3.05, 3.63) is 0 Å². The molecule has 0 aromatic carbocycles. The van der Waals surface area contributed by atoms with E-state index in [1.54, 1.807) is 7.05 Å². The summed E-state index contributed by atoms with van der Waals surface area (Å²) < 4.78 is 0. The van der Waals surface area contributed by atoms with Gasteiger partial charge >= 0.3 is 0 Å². The average Bonchev–Trinajstić information content (AvgIpc) is 3.19. The number of carbonyl (C=O) groups excluding carboxylic acids is 2. The fourth-order valence-electron chi connectivity index (χ4n) is 3.39. The van der Waals surface area contributed by atoms with Gasteiger partial charge in [0.25, 0.3) is 0 Å². The maximum absolute atomic E-state index is 12.2. The van der Waals surface area contributed by atoms with Crippen molar-refractivity contribution in [1.82, 2.24) is 5.32 Å². The average molecular weight is 252 g/mol. The summed E-state index contributed by atoms with van der Waals surface area (Å²) in [5.74, 6) is 0.150. The first-order chi connectivity index (χ1) is 8.60. The van der Waals surface area contributed by atoms with Crippen molar-refractivity contribution in [2.75, 3.05) is 7.05 Å². The van der Waals surface area contributed by atoms with Crippen LogP contribution in [0.4, 0.5) is 0 Å². The summed E-state index contributed by atoms with van der Waals surface area (Å²) in [5, 5.41) is 2.73. The number of amides is 2. The van der Waals surface area contributed by atoms with Gasteiger partial charge in [0.2, 0.25) is 11.8 Å². The molecule has 0 radical (unpaired) electrons. The van der Waals surface area contributed by atoms with Crippen molar-refractivity contribution in [1.29, 1.82) is 0 Å². The molecular formula is C14H24N2O2. The lowest BCUT2D eigenvalue weighted by atomic mass is 9.63. The highest BCUT2D eigenvalue weighted by atomic mass is 16.2. The van der Waals surface area contributed by atoms with Gasteiger partial charge in [0.1, 0.15) is 0 Å². The predicted molar refractivity (Wildman–Crippen MR) is 69.6 cm³/mol. The highest BCUT2D eigenvalue weighted by Crippen LogP contribution is 2.48. The molecule has 2 aliphatic rings. The van der Waals surface area contributed by atoms with E-state index >= 15 is 0 Å². The third-order valence-electron chi connectivity index (χ3n) is 4.73. The Labute approximate surface area is 109 Å². The molecule has 0 saturated heterocycles. The molecule has 2 fully saturated rings. The first-order valence-electron chi connectivity index (χ1n) is 7.11. The van der Waals surface area contributed by atoms with E-state index in [2.05, 4.69) is 5.32 Å². The smallest absolute Gasteiger partial charge is 0.224 e. The Morgan fingerprint density at radius 3 is 2.33 bits per heavy atom. The Bertz CT molecular complexity index is 331. The van der Waals surface area contributed by atoms with Crippen LogP contribution in [-0.2, 0) is 9.59 Å². The van der Waals surface area contributed by atoms with Crippen LogP contribution in [0.3, 0.4) is 0 Å². The van der Waals surface area contributed by atoms with Gasteiger partial charge in [-0.25, -0.2) is 0 Å². The zero-order chi connectivity index (χ0) is 13.2. The predicted octanol–water partition coefficient (Wildman–Crippen LogP) is 1.58. The molecule has 2 rings (SSSR count). The molecule has 2 amide bonds. The molecule has 0 aliphatic heterocycles. The highest BCUT2D eigenvalue weighted by molar-refractivity contribution is 5.89. The number of hydrogen-bond donors (Lipinski definition) is 2. The van der Waals surface area contributed by atoms with Crippen LogP contribution in [0.2, 0.25) is 0 Å². The number of primary amides is 1. The van der Waals surface area contributed by atoms with Gasteiger partial charge in [0.05, 0.1) is 11.3 Å². The van der Waals surface area contributed by atoms with Crippen LogP contribution in [0.5, 0.6) is 0 Å². The lowest BCUT2D eigenvalue weighted by Crippen LogP contribution is -2.50. The second-order valence-corrected chi connectivity index (χ2v) is 5.93. The Balaban J connectivity index is 2.22. The first kappa shape index (κ1) is 13.4. The summed E-state index contributed by atoms with van der Waals surface area (Å²) in [5.41, 5.74) is 5.09. The molecule has 1 unspecified atom stereocenters. The minimum atomic E-state index is -0.582. The monoisotopic (exact) mass is 252 g/mol. The van der Waals surface area contributed by atoms with Gasteiger partial charge in [-0.05, 0) is 25.2 Å². The van der Waals surface area contributed by atoms with Crippen molar-refractivity contribution < 1.29 is 9.59 Å². The van der Waals surface area contributed by atoms with Crippen LogP contribution >= 0.6 is 0 Å². The largest absolute Gasteiger partial charge is 0.369 e. The molecule has 0 spiro atoms. The molecule has 1 atom stereocenters. The van der Waals surface area contributed by atoms with Crippen LogP contribution in [0.25, 0.3) is 0 Å². The molecule has 2 aliphatic carbocycles. The second-order valence-electron chi connectivity index (χ2n) is 5.93. The molecular weight excluding hydrogens is 228 g/mol. The van der Waals surface area contributed by atoms with Crippen LogP contribution in [0.15, 0.2) is 0 Å². The van der Waals surface area contributed by atoms with Crippen LogP contribution in [-0.4, -0.2) is 18.9 Å². The molecule has 4 nitrogen and oxygen atoms in total. The summed E-state index contributed by atoms with van der Waals surface area (Å²) >= 11 is 0. The number of carbonyl (C=O) groups is 2. The van der Waals surface area contributed by atoms with Gasteiger partial charge in [-0.3, -0.25) is 9.59 Å². The highest BCUT2D eigenvalue weighted by Gasteiger charge is 2.49. The fraction of sp³-hybridized carbons (Fsp3) is 0.857. The topological polar surface area (TPSA) is 72.2 Å². The van der Waals surface area contributed by atoms with Crippen molar-refractivity contribution in [3.63, 3.8) is 0 Å². The van der Waals surface area contributed by atoms with E-state index in [0.717, 1.165) is 38.5 Å². The van der Waals surface area contributed by atoms with E-state index in [4.69, 9.17) is 5.73 Å². The third kappa shape index (κ3) is 2.52. The van der Waals surface area contributed by atoms with E-state index in [1.807, 2.05) is 0 Å². The molecule has 3 N–H and O–H groups in total. The van der Waals surface area contributed by atoms with Crippen LogP contribution in [0, 0.1) is 17.3 Å². The quantitative estimate of drug-likeness (QED) is 0.779. The van der Waals surface area contributed by atoms with Crippen molar-refractivity contribution in [2.45, 2.75) is 51.4 Å². The van der Waals surface area contributed by atoms with Crippen LogP contribution in [0.1, 0.15) is 51.4 Å². The van der Waals surface area contributed by atoms with Gasteiger partial charge in [0, 0.05) is 7.05 Å². The van der Waals surface area contributed by atoms with E-state index < -0.39 is 5.41 Å². The molecule has 102 valence electrons. The summed E-state index contributed by atoms with van der Waals surface area (Å²) in [6, 6.07) is 0. The zero-order valence-electron chi connectivity index (χ0n) is 11.2. The third-order valence-corrected chi connectivity index (χ3v) is 4.73. The van der Waals surface area contributed by atoms with Gasteiger partial charge in [-0.15, -0.1) is 0 Å². The summed E-state index contributed by atoms with van der Waals surface area (Å²) in [4.78, 5) is 24.1. The number of nitrogens with two attached hydrogens (primary N) is 1. The molecule has 2 saturated carbocycles. The molecule has 0 aromatic heterocycles. The standard InChI is InChI=1S/C14H24N2O2/c1-16-12(17)11(9-10-5-6-10)14(13(15)18)7-3-2-4-8-14/h10-11H,2-9H2,1H3,(H2,15,18)(H,16,17). The van der Waals surface area contributed by atoms with Gasteiger partial charge in [0.15, 0.2) is 0 Å². The lowest BCUT2D eigenvalue weighted by Gasteiger charge is -2.40. The maximum Gasteiger partial charge on any atom is 0.224 e. The molecule has 0 aromatic rings. The van der Waals surface area contributed by atoms with Gasteiger partial charge in [-0.2, -0.15) is 0 Å². The maximum atomic E-state index is 12.2. The van der Waals surface area contributed by atoms with Crippen LogP contribution < -0.4 is 11.1 Å². The van der Waals surface area contributed by atoms with E-state index in [-0.39, 0.29) is 17.7 Å². The number of hydrogen-bond acceptors (Lipinski definition) is 2. The first-order valence-corrected chi connectivity index (χ1v) is 7.11. The number of rotatable bonds is 5. The second kappa shape index (κ2) is 5.29. The normalized spacial score (nSPS) is 24.3. The Morgan fingerprint density at radius 2 is 1.89 bits per heavy atom. The van der Waals surface area contributed by atoms with E-state index in [0.29, 0.717) is 5.92 Å². The van der Waals surface area contributed by atoms with E-state index in [1.165, 1.54) is 12.8 Å². The summed E-state index contributed by atoms with van der Waals surface area (Å²) in [6.45, 7) is 0. The Kier molecular flexibility index (Phi) is 3.93. The Hall–Kier alpha value is -1.06. The van der Waals surface area contributed by atoms with E-state index in [9.17, 15) is 9.59 Å². The van der Waals surface area contributed by atoms with Crippen molar-refractivity contribution >= 4 is 11.8 Å². The Morgan fingerprint density at radius 1 is 1.28 bits per heavy atom. The van der Waals surface area contributed by atoms with Gasteiger partial charge in [-0.1, -0.05) is 32.1 Å². The van der Waals surface area contributed by atoms with Crippen molar-refractivity contribution in [3.8, 4) is 0 Å². The fourth-order valence-corrected chi connectivity index (χ4v) is 3.39. The minimum Gasteiger partial charge on any atom is -0.369 e.